The summed E-state index contributed by atoms with van der Waals surface area (Å²) in [7, 11) is 0. The van der Waals surface area contributed by atoms with Crippen LogP contribution in [0.1, 0.15) is 12.5 Å². The van der Waals surface area contributed by atoms with Gasteiger partial charge in [0, 0.05) is 12.3 Å². The van der Waals surface area contributed by atoms with Crippen molar-refractivity contribution in [3.05, 3.63) is 41.6 Å². The number of carbonyl (C=O) groups excluding carboxylic acids is 1. The van der Waals surface area contributed by atoms with E-state index in [1.165, 1.54) is 0 Å². The molecule has 0 bridgehead atoms. The summed E-state index contributed by atoms with van der Waals surface area (Å²) in [5.74, 6) is 1.52. The van der Waals surface area contributed by atoms with Crippen LogP contribution in [0, 0.1) is 5.92 Å². The van der Waals surface area contributed by atoms with Gasteiger partial charge in [0.2, 0.25) is 11.9 Å². The third kappa shape index (κ3) is 3.08. The summed E-state index contributed by atoms with van der Waals surface area (Å²) in [6, 6.07) is 7.94. The Morgan fingerprint density at radius 1 is 1.32 bits per heavy atom. The van der Waals surface area contributed by atoms with Crippen molar-refractivity contribution in [2.75, 3.05) is 33.0 Å². The minimum atomic E-state index is -0.212. The maximum Gasteiger partial charge on any atom is 0.241 e. The van der Waals surface area contributed by atoms with E-state index in [0.29, 0.717) is 38.9 Å². The lowest BCUT2D eigenvalue weighted by Gasteiger charge is -2.39. The molecule has 1 amide bonds. The maximum absolute atomic E-state index is 13.2. The largest absolute Gasteiger partial charge is 0.492 e. The molecule has 1 N–H and O–H groups in total. The third-order valence-electron chi connectivity index (χ3n) is 5.48. The maximum atomic E-state index is 13.2. The second-order valence-electron chi connectivity index (χ2n) is 7.40. The molecule has 0 aliphatic carbocycles. The number of morpholine rings is 1. The summed E-state index contributed by atoms with van der Waals surface area (Å²) in [6.45, 7) is 4.49. The van der Waals surface area contributed by atoms with Gasteiger partial charge in [0.15, 0.2) is 0 Å². The number of nitrogens with zero attached hydrogens (tertiary/aromatic N) is 4. The van der Waals surface area contributed by atoms with E-state index in [2.05, 4.69) is 15.4 Å². The van der Waals surface area contributed by atoms with Gasteiger partial charge in [-0.25, -0.2) is 20.4 Å². The van der Waals surface area contributed by atoms with Crippen LogP contribution in [0.5, 0.6) is 5.75 Å². The van der Waals surface area contributed by atoms with Crippen LogP contribution in [-0.2, 0) is 16.0 Å². The van der Waals surface area contributed by atoms with Crippen LogP contribution < -0.4 is 10.2 Å². The van der Waals surface area contributed by atoms with E-state index in [1.807, 2.05) is 47.2 Å². The molecule has 2 unspecified atom stereocenters. The highest BCUT2D eigenvalue weighted by Crippen LogP contribution is 2.29. The summed E-state index contributed by atoms with van der Waals surface area (Å²) in [4.78, 5) is 23.9. The number of allylic oxidation sites excluding steroid dienone is 1. The molecule has 8 heteroatoms. The van der Waals surface area contributed by atoms with Crippen molar-refractivity contribution in [2.45, 2.75) is 19.4 Å². The van der Waals surface area contributed by atoms with E-state index in [9.17, 15) is 4.79 Å². The van der Waals surface area contributed by atoms with Gasteiger partial charge in [-0.15, -0.1) is 0 Å². The van der Waals surface area contributed by atoms with Crippen molar-refractivity contribution < 1.29 is 14.3 Å². The van der Waals surface area contributed by atoms with Gasteiger partial charge < -0.3 is 14.4 Å². The molecular formula is C20H23N5O3. The molecule has 1 aromatic rings. The molecule has 1 saturated heterocycles. The van der Waals surface area contributed by atoms with E-state index in [1.54, 1.807) is 0 Å². The Morgan fingerprint density at radius 2 is 2.21 bits per heavy atom. The molecule has 0 radical (unpaired) electrons. The standard InChI is InChI=1S/C20H23N5O3/c1-13-8-16(25-20(23-13)21-12-22-25)18-10-24(6-7-27-18)19(26)15-9-14-4-2-3-5-17(14)28-11-15/h2-5,8,15,18,22H,6-7,9-12H2,1H3. The average Bonchev–Trinajstić information content (AvgIpc) is 3.20. The number of benzene rings is 1. The molecule has 0 spiro atoms. The quantitative estimate of drug-likeness (QED) is 0.826. The predicted octanol–water partition coefficient (Wildman–Crippen LogP) is 0.957. The minimum absolute atomic E-state index is 0.132. The fourth-order valence-corrected chi connectivity index (χ4v) is 4.09. The lowest BCUT2D eigenvalue weighted by molar-refractivity contribution is -0.143. The number of hydrogen-bond donors (Lipinski definition) is 1. The Balaban J connectivity index is 1.30. The number of aliphatic imine (C=N–C) groups is 2. The SMILES string of the molecule is CC1=NC2=NCNN2C(C2CN(C(=O)C3COc4ccccc4C3)CCO2)=C1. The van der Waals surface area contributed by atoms with E-state index < -0.39 is 0 Å². The summed E-state index contributed by atoms with van der Waals surface area (Å²) in [5.41, 5.74) is 6.13. The number of guanidine groups is 1. The lowest BCUT2D eigenvalue weighted by Crippen LogP contribution is -2.53. The van der Waals surface area contributed by atoms with Crippen molar-refractivity contribution in [3.63, 3.8) is 0 Å². The summed E-state index contributed by atoms with van der Waals surface area (Å²) < 4.78 is 11.8. The number of para-hydroxylation sites is 1. The van der Waals surface area contributed by atoms with Crippen LogP contribution in [0.3, 0.4) is 0 Å². The van der Waals surface area contributed by atoms with Gasteiger partial charge in [-0.05, 0) is 31.1 Å². The van der Waals surface area contributed by atoms with Crippen molar-refractivity contribution in [1.29, 1.82) is 0 Å². The zero-order chi connectivity index (χ0) is 19.1. The molecule has 1 fully saturated rings. The molecule has 5 rings (SSSR count). The second kappa shape index (κ2) is 7.03. The molecule has 146 valence electrons. The smallest absolute Gasteiger partial charge is 0.241 e. The van der Waals surface area contributed by atoms with Crippen LogP contribution >= 0.6 is 0 Å². The van der Waals surface area contributed by atoms with E-state index in [0.717, 1.165) is 29.1 Å². The van der Waals surface area contributed by atoms with Gasteiger partial charge in [0.25, 0.3) is 0 Å². The lowest BCUT2D eigenvalue weighted by atomic mass is 9.95. The number of fused-ring (bicyclic) bond motifs is 2. The molecule has 4 heterocycles. The Hall–Kier alpha value is -2.71. The number of hydrogen-bond acceptors (Lipinski definition) is 7. The number of rotatable bonds is 2. The van der Waals surface area contributed by atoms with Crippen LogP contribution in [0.4, 0.5) is 0 Å². The van der Waals surface area contributed by atoms with E-state index in [4.69, 9.17) is 9.47 Å². The fraction of sp³-hybridized carbons (Fsp3) is 0.450. The van der Waals surface area contributed by atoms with Crippen molar-refractivity contribution in [3.8, 4) is 5.75 Å². The molecule has 4 aliphatic rings. The molecule has 0 aromatic heterocycles. The first-order chi connectivity index (χ1) is 13.7. The van der Waals surface area contributed by atoms with Crippen LogP contribution in [0.15, 0.2) is 46.0 Å². The van der Waals surface area contributed by atoms with Crippen molar-refractivity contribution in [1.82, 2.24) is 15.3 Å². The van der Waals surface area contributed by atoms with Crippen LogP contribution in [0.2, 0.25) is 0 Å². The normalized spacial score (nSPS) is 26.5. The molecule has 4 aliphatic heterocycles. The van der Waals surface area contributed by atoms with E-state index in [-0.39, 0.29) is 17.9 Å². The topological polar surface area (TPSA) is 78.8 Å². The van der Waals surface area contributed by atoms with E-state index >= 15 is 0 Å². The Kier molecular flexibility index (Phi) is 4.37. The Labute approximate surface area is 163 Å². The highest BCUT2D eigenvalue weighted by atomic mass is 16.5. The molecular weight excluding hydrogens is 358 g/mol. The van der Waals surface area contributed by atoms with Gasteiger partial charge in [-0.2, -0.15) is 0 Å². The first-order valence-corrected chi connectivity index (χ1v) is 9.65. The zero-order valence-electron chi connectivity index (χ0n) is 15.8. The number of amides is 1. The fourth-order valence-electron chi connectivity index (χ4n) is 4.09. The number of nitrogens with one attached hydrogen (secondary N) is 1. The highest BCUT2D eigenvalue weighted by molar-refractivity contribution is 6.05. The summed E-state index contributed by atoms with van der Waals surface area (Å²) in [6.07, 6.45) is 2.50. The Bertz CT molecular complexity index is 894. The number of ether oxygens (including phenoxy) is 2. The van der Waals surface area contributed by atoms with Crippen molar-refractivity contribution >= 4 is 17.6 Å². The predicted molar refractivity (Wildman–Crippen MR) is 104 cm³/mol. The average molecular weight is 381 g/mol. The van der Waals surface area contributed by atoms with Crippen LogP contribution in [-0.4, -0.2) is 66.6 Å². The first-order valence-electron chi connectivity index (χ1n) is 9.65. The highest BCUT2D eigenvalue weighted by Gasteiger charge is 2.37. The second-order valence-corrected chi connectivity index (χ2v) is 7.40. The summed E-state index contributed by atoms with van der Waals surface area (Å²) >= 11 is 0. The van der Waals surface area contributed by atoms with Gasteiger partial charge in [0.1, 0.15) is 25.1 Å². The van der Waals surface area contributed by atoms with Gasteiger partial charge >= 0.3 is 0 Å². The monoisotopic (exact) mass is 381 g/mol. The molecule has 28 heavy (non-hydrogen) atoms. The first kappa shape index (κ1) is 17.4. The van der Waals surface area contributed by atoms with Gasteiger partial charge in [-0.1, -0.05) is 18.2 Å². The Morgan fingerprint density at radius 3 is 3.14 bits per heavy atom. The minimum Gasteiger partial charge on any atom is -0.492 e. The van der Waals surface area contributed by atoms with Crippen LogP contribution in [0.25, 0.3) is 0 Å². The molecule has 1 aromatic carbocycles. The molecule has 0 saturated carbocycles. The summed E-state index contributed by atoms with van der Waals surface area (Å²) in [5, 5.41) is 1.87. The molecule has 8 nitrogen and oxygen atoms in total. The number of carbonyl (C=O) groups is 1. The molecule has 2 atom stereocenters. The number of hydrazine groups is 1. The van der Waals surface area contributed by atoms with Crippen molar-refractivity contribution in [2.24, 2.45) is 15.9 Å². The zero-order valence-corrected chi connectivity index (χ0v) is 15.8. The van der Waals surface area contributed by atoms with Gasteiger partial charge in [-0.3, -0.25) is 4.79 Å². The van der Waals surface area contributed by atoms with Gasteiger partial charge in [0.05, 0.1) is 24.8 Å². The third-order valence-corrected chi connectivity index (χ3v) is 5.48.